The fourth-order valence-electron chi connectivity index (χ4n) is 2.75. The molecule has 3 aromatic rings. The summed E-state index contributed by atoms with van der Waals surface area (Å²) in [5.41, 5.74) is 1.17. The lowest BCUT2D eigenvalue weighted by molar-refractivity contribution is 0.0941. The van der Waals surface area contributed by atoms with E-state index in [1.807, 2.05) is 0 Å². The van der Waals surface area contributed by atoms with E-state index in [4.69, 9.17) is 0 Å². The van der Waals surface area contributed by atoms with Crippen LogP contribution in [0, 0.1) is 11.6 Å². The van der Waals surface area contributed by atoms with Crippen LogP contribution in [0.4, 0.5) is 8.78 Å². The Bertz CT molecular complexity index is 963. The Morgan fingerprint density at radius 3 is 2.60 bits per heavy atom. The molecule has 0 saturated carbocycles. The van der Waals surface area contributed by atoms with Crippen LogP contribution in [0.5, 0.6) is 0 Å². The fourth-order valence-corrected chi connectivity index (χ4v) is 2.75. The van der Waals surface area contributed by atoms with Crippen LogP contribution >= 0.6 is 0 Å². The van der Waals surface area contributed by atoms with Crippen LogP contribution in [0.2, 0.25) is 0 Å². The van der Waals surface area contributed by atoms with Crippen LogP contribution in [0.1, 0.15) is 27.6 Å². The summed E-state index contributed by atoms with van der Waals surface area (Å²) in [6, 6.07) is 10.3. The normalized spacial score (nSPS) is 10.8. The Kier molecular flexibility index (Phi) is 4.61. The summed E-state index contributed by atoms with van der Waals surface area (Å²) in [6.45, 7) is 1.59. The molecular formula is C19H16F2N2O2. The molecule has 128 valence electrons. The number of halogens is 2. The first kappa shape index (κ1) is 16.8. The monoisotopic (exact) mass is 342 g/mol. The van der Waals surface area contributed by atoms with Crippen LogP contribution in [-0.2, 0) is 6.42 Å². The molecule has 2 aromatic carbocycles. The number of amides is 1. The summed E-state index contributed by atoms with van der Waals surface area (Å²) in [4.78, 5) is 24.1. The van der Waals surface area contributed by atoms with Gasteiger partial charge in [0, 0.05) is 25.1 Å². The van der Waals surface area contributed by atoms with Gasteiger partial charge in [-0.25, -0.2) is 8.78 Å². The van der Waals surface area contributed by atoms with Gasteiger partial charge in [0.25, 0.3) is 5.91 Å². The lowest BCUT2D eigenvalue weighted by Crippen LogP contribution is -2.25. The number of aromatic nitrogens is 1. The molecule has 0 atom stereocenters. The largest absolute Gasteiger partial charge is 0.352 e. The zero-order chi connectivity index (χ0) is 18.0. The Hall–Kier alpha value is -3.02. The standard InChI is InChI=1S/C19H16F2N2O2/c1-12(24)23-11-16(15-10-14(20)6-7-18(15)23)19(25)22-9-8-13-4-2-3-5-17(13)21/h2-7,10-11H,8-9H2,1H3,(H,22,25). The van der Waals surface area contributed by atoms with Gasteiger partial charge in [0.15, 0.2) is 0 Å². The van der Waals surface area contributed by atoms with Crippen LogP contribution in [0.25, 0.3) is 10.9 Å². The summed E-state index contributed by atoms with van der Waals surface area (Å²) in [7, 11) is 0. The van der Waals surface area contributed by atoms with E-state index in [0.29, 0.717) is 22.9 Å². The predicted octanol–water partition coefficient (Wildman–Crippen LogP) is 3.55. The van der Waals surface area contributed by atoms with Crippen molar-refractivity contribution in [2.45, 2.75) is 13.3 Å². The van der Waals surface area contributed by atoms with Gasteiger partial charge in [-0.3, -0.25) is 14.2 Å². The highest BCUT2D eigenvalue weighted by atomic mass is 19.1. The molecule has 0 saturated heterocycles. The number of nitrogens with one attached hydrogen (secondary N) is 1. The highest BCUT2D eigenvalue weighted by Gasteiger charge is 2.17. The van der Waals surface area contributed by atoms with E-state index < -0.39 is 11.7 Å². The minimum atomic E-state index is -0.491. The molecule has 1 aromatic heterocycles. The molecule has 4 nitrogen and oxygen atoms in total. The van der Waals surface area contributed by atoms with Crippen molar-refractivity contribution in [1.29, 1.82) is 0 Å². The third kappa shape index (κ3) is 3.42. The molecule has 0 aliphatic rings. The maximum atomic E-state index is 13.6. The number of hydrogen-bond donors (Lipinski definition) is 1. The van der Waals surface area contributed by atoms with E-state index in [9.17, 15) is 18.4 Å². The van der Waals surface area contributed by atoms with E-state index >= 15 is 0 Å². The van der Waals surface area contributed by atoms with Gasteiger partial charge >= 0.3 is 0 Å². The van der Waals surface area contributed by atoms with E-state index in [0.717, 1.165) is 0 Å². The summed E-state index contributed by atoms with van der Waals surface area (Å²) in [5, 5.41) is 3.05. The van der Waals surface area contributed by atoms with E-state index in [1.54, 1.807) is 18.2 Å². The Morgan fingerprint density at radius 2 is 1.88 bits per heavy atom. The van der Waals surface area contributed by atoms with E-state index in [2.05, 4.69) is 5.32 Å². The summed E-state index contributed by atoms with van der Waals surface area (Å²) >= 11 is 0. The summed E-state index contributed by atoms with van der Waals surface area (Å²) in [5.74, 6) is -1.53. The van der Waals surface area contributed by atoms with Crippen LogP contribution < -0.4 is 5.32 Å². The van der Waals surface area contributed by atoms with Crippen LogP contribution in [0.15, 0.2) is 48.7 Å². The van der Waals surface area contributed by atoms with Crippen molar-refractivity contribution < 1.29 is 18.4 Å². The van der Waals surface area contributed by atoms with Crippen molar-refractivity contribution >= 4 is 22.7 Å². The molecule has 0 radical (unpaired) electrons. The van der Waals surface area contributed by atoms with Gasteiger partial charge in [0.1, 0.15) is 11.6 Å². The lowest BCUT2D eigenvalue weighted by atomic mass is 10.1. The van der Waals surface area contributed by atoms with Crippen molar-refractivity contribution in [3.05, 3.63) is 71.4 Å². The molecule has 0 aliphatic heterocycles. The predicted molar refractivity (Wildman–Crippen MR) is 90.6 cm³/mol. The maximum Gasteiger partial charge on any atom is 0.253 e. The van der Waals surface area contributed by atoms with E-state index in [1.165, 1.54) is 42.0 Å². The van der Waals surface area contributed by atoms with Gasteiger partial charge in [-0.05, 0) is 36.2 Å². The number of nitrogens with zero attached hydrogens (tertiary/aromatic N) is 1. The minimum absolute atomic E-state index is 0.207. The van der Waals surface area contributed by atoms with Gasteiger partial charge < -0.3 is 5.32 Å². The number of fused-ring (bicyclic) bond motifs is 1. The molecule has 1 heterocycles. The first-order chi connectivity index (χ1) is 12.0. The molecule has 3 rings (SSSR count). The second-order valence-electron chi connectivity index (χ2n) is 5.69. The Labute approximate surface area is 143 Å². The average molecular weight is 342 g/mol. The van der Waals surface area contributed by atoms with E-state index in [-0.39, 0.29) is 23.8 Å². The van der Waals surface area contributed by atoms with Gasteiger partial charge in [-0.15, -0.1) is 0 Å². The van der Waals surface area contributed by atoms with Gasteiger partial charge in [-0.2, -0.15) is 0 Å². The first-order valence-electron chi connectivity index (χ1n) is 7.80. The molecule has 1 amide bonds. The topological polar surface area (TPSA) is 51.1 Å². The molecule has 0 fully saturated rings. The smallest absolute Gasteiger partial charge is 0.253 e. The quantitative estimate of drug-likeness (QED) is 0.788. The molecule has 0 aliphatic carbocycles. The van der Waals surface area contributed by atoms with Crippen LogP contribution in [-0.4, -0.2) is 22.9 Å². The molecule has 1 N–H and O–H groups in total. The molecule has 0 unspecified atom stereocenters. The number of benzene rings is 2. The second-order valence-corrected chi connectivity index (χ2v) is 5.69. The Morgan fingerprint density at radius 1 is 1.12 bits per heavy atom. The van der Waals surface area contributed by atoms with Crippen molar-refractivity contribution in [1.82, 2.24) is 9.88 Å². The molecular weight excluding hydrogens is 326 g/mol. The van der Waals surface area contributed by atoms with Crippen LogP contribution in [0.3, 0.4) is 0 Å². The average Bonchev–Trinajstić information content (AvgIpc) is 2.95. The second kappa shape index (κ2) is 6.84. The molecule has 0 bridgehead atoms. The zero-order valence-electron chi connectivity index (χ0n) is 13.6. The number of hydrogen-bond acceptors (Lipinski definition) is 2. The number of rotatable bonds is 4. The first-order valence-corrected chi connectivity index (χ1v) is 7.80. The SMILES string of the molecule is CC(=O)n1cc(C(=O)NCCc2ccccc2F)c2cc(F)ccc21. The Balaban J connectivity index is 1.81. The van der Waals surface area contributed by atoms with Gasteiger partial charge in [0.05, 0.1) is 11.1 Å². The minimum Gasteiger partial charge on any atom is -0.352 e. The maximum absolute atomic E-state index is 13.6. The zero-order valence-corrected chi connectivity index (χ0v) is 13.6. The third-order valence-corrected chi connectivity index (χ3v) is 3.99. The number of carbonyl (C=O) groups excluding carboxylic acids is 2. The summed E-state index contributed by atoms with van der Waals surface area (Å²) < 4.78 is 28.4. The molecule has 0 spiro atoms. The third-order valence-electron chi connectivity index (χ3n) is 3.99. The highest BCUT2D eigenvalue weighted by Crippen LogP contribution is 2.22. The van der Waals surface area contributed by atoms with Crippen molar-refractivity contribution in [3.63, 3.8) is 0 Å². The lowest BCUT2D eigenvalue weighted by Gasteiger charge is -2.05. The van der Waals surface area contributed by atoms with Gasteiger partial charge in [0.2, 0.25) is 5.91 Å². The summed E-state index contributed by atoms with van der Waals surface area (Å²) in [6.07, 6.45) is 1.73. The molecule has 6 heteroatoms. The van der Waals surface area contributed by atoms with Crippen molar-refractivity contribution in [3.8, 4) is 0 Å². The number of carbonyl (C=O) groups is 2. The van der Waals surface area contributed by atoms with Gasteiger partial charge in [-0.1, -0.05) is 18.2 Å². The molecule has 25 heavy (non-hydrogen) atoms. The van der Waals surface area contributed by atoms with Crippen molar-refractivity contribution in [2.75, 3.05) is 6.54 Å². The fraction of sp³-hybridized carbons (Fsp3) is 0.158. The highest BCUT2D eigenvalue weighted by molar-refractivity contribution is 6.09. The van der Waals surface area contributed by atoms with Crippen molar-refractivity contribution in [2.24, 2.45) is 0 Å².